The van der Waals surface area contributed by atoms with Crippen LogP contribution in [-0.2, 0) is 21.4 Å². The van der Waals surface area contributed by atoms with Gasteiger partial charge in [0.25, 0.3) is 10.0 Å². The minimum absolute atomic E-state index is 0.135. The number of likely N-dealkylation sites (N-methyl/N-ethyl adjacent to an activating group) is 1. The van der Waals surface area contributed by atoms with Gasteiger partial charge in [0, 0.05) is 13.6 Å². The van der Waals surface area contributed by atoms with Gasteiger partial charge in [0.2, 0.25) is 5.91 Å². The summed E-state index contributed by atoms with van der Waals surface area (Å²) in [5.41, 5.74) is 3.47. The molecule has 0 aromatic heterocycles. The molecule has 0 unspecified atom stereocenters. The third-order valence-electron chi connectivity index (χ3n) is 5.29. The SMILES string of the molecule is CCOc1ccc(N(CC(=O)N(C)Cc2ccc(C)cc2)S(=O)(=O)c2ccc(C)cc2)cc1. The molecule has 0 bridgehead atoms. The lowest BCUT2D eigenvalue weighted by Crippen LogP contribution is -2.41. The molecule has 0 saturated carbocycles. The molecule has 6 nitrogen and oxygen atoms in total. The number of rotatable bonds is 9. The van der Waals surface area contributed by atoms with Crippen molar-refractivity contribution in [2.24, 2.45) is 0 Å². The summed E-state index contributed by atoms with van der Waals surface area (Å²) >= 11 is 0. The number of nitrogens with zero attached hydrogens (tertiary/aromatic N) is 2. The number of ether oxygens (including phenoxy) is 1. The van der Waals surface area contributed by atoms with E-state index in [1.807, 2.05) is 45.0 Å². The Balaban J connectivity index is 1.89. The molecule has 0 saturated heterocycles. The van der Waals surface area contributed by atoms with E-state index in [0.29, 0.717) is 24.6 Å². The second kappa shape index (κ2) is 10.5. The Bertz CT molecular complexity index is 1170. The molecule has 0 aliphatic heterocycles. The summed E-state index contributed by atoms with van der Waals surface area (Å²) < 4.78 is 33.7. The first kappa shape index (κ1) is 24.3. The van der Waals surface area contributed by atoms with Crippen molar-refractivity contribution in [1.82, 2.24) is 4.90 Å². The zero-order valence-corrected chi connectivity index (χ0v) is 20.3. The average molecular weight is 467 g/mol. The number of carbonyl (C=O) groups excluding carboxylic acids is 1. The van der Waals surface area contributed by atoms with Crippen molar-refractivity contribution >= 4 is 21.6 Å². The van der Waals surface area contributed by atoms with E-state index < -0.39 is 10.0 Å². The Kier molecular flexibility index (Phi) is 7.76. The molecule has 0 heterocycles. The number of amides is 1. The number of anilines is 1. The fourth-order valence-corrected chi connectivity index (χ4v) is 4.74. The second-order valence-electron chi connectivity index (χ2n) is 7.99. The van der Waals surface area contributed by atoms with Gasteiger partial charge in [0.15, 0.2) is 0 Å². The van der Waals surface area contributed by atoms with Crippen molar-refractivity contribution in [3.63, 3.8) is 0 Å². The van der Waals surface area contributed by atoms with Crippen LogP contribution in [0.2, 0.25) is 0 Å². The molecular formula is C26H30N2O4S. The Morgan fingerprint density at radius 2 is 1.39 bits per heavy atom. The number of carbonyl (C=O) groups is 1. The maximum Gasteiger partial charge on any atom is 0.264 e. The monoisotopic (exact) mass is 466 g/mol. The van der Waals surface area contributed by atoms with E-state index in [0.717, 1.165) is 21.0 Å². The van der Waals surface area contributed by atoms with Gasteiger partial charge in [0.05, 0.1) is 17.2 Å². The first-order chi connectivity index (χ1) is 15.7. The van der Waals surface area contributed by atoms with Crippen molar-refractivity contribution in [2.75, 3.05) is 24.5 Å². The van der Waals surface area contributed by atoms with Crippen LogP contribution in [-0.4, -0.2) is 39.4 Å². The predicted molar refractivity (Wildman–Crippen MR) is 131 cm³/mol. The van der Waals surface area contributed by atoms with Crippen LogP contribution in [0.5, 0.6) is 5.75 Å². The standard InChI is InChI=1S/C26H30N2O4S/c1-5-32-24-14-12-23(13-15-24)28(33(30,31)25-16-8-21(3)9-17-25)19-26(29)27(4)18-22-10-6-20(2)7-11-22/h6-17H,5,18-19H2,1-4H3. The normalized spacial score (nSPS) is 11.2. The Hall–Kier alpha value is -3.32. The largest absolute Gasteiger partial charge is 0.494 e. The Labute approximate surface area is 196 Å². The molecule has 3 aromatic carbocycles. The highest BCUT2D eigenvalue weighted by atomic mass is 32.2. The van der Waals surface area contributed by atoms with Gasteiger partial charge in [0.1, 0.15) is 12.3 Å². The lowest BCUT2D eigenvalue weighted by atomic mass is 10.1. The van der Waals surface area contributed by atoms with Gasteiger partial charge in [-0.1, -0.05) is 47.5 Å². The first-order valence-corrected chi connectivity index (χ1v) is 12.3. The van der Waals surface area contributed by atoms with Crippen LogP contribution >= 0.6 is 0 Å². The lowest BCUT2D eigenvalue weighted by Gasteiger charge is -2.27. The van der Waals surface area contributed by atoms with Gasteiger partial charge in [-0.15, -0.1) is 0 Å². The molecule has 0 radical (unpaired) electrons. The van der Waals surface area contributed by atoms with Crippen LogP contribution < -0.4 is 9.04 Å². The predicted octanol–water partition coefficient (Wildman–Crippen LogP) is 4.56. The zero-order valence-electron chi connectivity index (χ0n) is 19.5. The van der Waals surface area contributed by atoms with Crippen LogP contribution in [0.3, 0.4) is 0 Å². The minimum Gasteiger partial charge on any atom is -0.494 e. The topological polar surface area (TPSA) is 66.9 Å². The smallest absolute Gasteiger partial charge is 0.264 e. The number of hydrogen-bond acceptors (Lipinski definition) is 4. The van der Waals surface area contributed by atoms with E-state index >= 15 is 0 Å². The fraction of sp³-hybridized carbons (Fsp3) is 0.269. The maximum atomic E-state index is 13.5. The molecule has 3 aromatic rings. The van der Waals surface area contributed by atoms with Gasteiger partial charge in [-0.25, -0.2) is 8.42 Å². The molecule has 3 rings (SSSR count). The summed E-state index contributed by atoms with van der Waals surface area (Å²) in [5, 5.41) is 0. The summed E-state index contributed by atoms with van der Waals surface area (Å²) in [6.07, 6.45) is 0. The molecule has 33 heavy (non-hydrogen) atoms. The van der Waals surface area contributed by atoms with E-state index in [2.05, 4.69) is 0 Å². The second-order valence-corrected chi connectivity index (χ2v) is 9.85. The van der Waals surface area contributed by atoms with E-state index in [4.69, 9.17) is 4.74 Å². The third-order valence-corrected chi connectivity index (χ3v) is 7.08. The van der Waals surface area contributed by atoms with Gasteiger partial charge in [-0.05, 0) is 62.7 Å². The van der Waals surface area contributed by atoms with Gasteiger partial charge in [-0.3, -0.25) is 9.10 Å². The molecule has 0 aliphatic rings. The maximum absolute atomic E-state index is 13.5. The van der Waals surface area contributed by atoms with E-state index in [1.165, 1.54) is 4.90 Å². The first-order valence-electron chi connectivity index (χ1n) is 10.8. The van der Waals surface area contributed by atoms with Gasteiger partial charge in [-0.2, -0.15) is 0 Å². The highest BCUT2D eigenvalue weighted by Crippen LogP contribution is 2.26. The Morgan fingerprint density at radius 1 is 0.848 bits per heavy atom. The summed E-state index contributed by atoms with van der Waals surface area (Å²) in [5.74, 6) is 0.330. The van der Waals surface area contributed by atoms with Gasteiger partial charge >= 0.3 is 0 Å². The number of sulfonamides is 1. The van der Waals surface area contributed by atoms with Crippen LogP contribution in [0.1, 0.15) is 23.6 Å². The molecule has 7 heteroatoms. The molecule has 1 amide bonds. The average Bonchev–Trinajstić information content (AvgIpc) is 2.80. The number of hydrogen-bond donors (Lipinski definition) is 0. The van der Waals surface area contributed by atoms with Crippen LogP contribution in [0.25, 0.3) is 0 Å². The summed E-state index contributed by atoms with van der Waals surface area (Å²) in [4.78, 5) is 14.8. The van der Waals surface area contributed by atoms with Crippen LogP contribution in [0, 0.1) is 13.8 Å². The lowest BCUT2D eigenvalue weighted by molar-refractivity contribution is -0.128. The highest BCUT2D eigenvalue weighted by Gasteiger charge is 2.28. The molecule has 0 aliphatic carbocycles. The van der Waals surface area contributed by atoms with Crippen molar-refractivity contribution in [2.45, 2.75) is 32.2 Å². The fourth-order valence-electron chi connectivity index (χ4n) is 3.33. The minimum atomic E-state index is -3.96. The summed E-state index contributed by atoms with van der Waals surface area (Å²) in [6, 6.07) is 21.2. The quantitative estimate of drug-likeness (QED) is 0.464. The summed E-state index contributed by atoms with van der Waals surface area (Å²) in [6.45, 7) is 6.36. The molecular weight excluding hydrogens is 436 g/mol. The van der Waals surface area contributed by atoms with Crippen LogP contribution in [0.4, 0.5) is 5.69 Å². The number of benzene rings is 3. The van der Waals surface area contributed by atoms with E-state index in [9.17, 15) is 13.2 Å². The van der Waals surface area contributed by atoms with Crippen molar-refractivity contribution in [1.29, 1.82) is 0 Å². The molecule has 0 N–H and O–H groups in total. The van der Waals surface area contributed by atoms with Crippen molar-refractivity contribution in [3.8, 4) is 5.75 Å². The van der Waals surface area contributed by atoms with Crippen molar-refractivity contribution < 1.29 is 17.9 Å². The Morgan fingerprint density at radius 3 is 1.94 bits per heavy atom. The molecule has 0 fully saturated rings. The third kappa shape index (κ3) is 6.14. The van der Waals surface area contributed by atoms with E-state index in [1.54, 1.807) is 55.6 Å². The summed E-state index contributed by atoms with van der Waals surface area (Å²) in [7, 11) is -2.28. The number of aryl methyl sites for hydroxylation is 2. The van der Waals surface area contributed by atoms with E-state index in [-0.39, 0.29) is 17.3 Å². The van der Waals surface area contributed by atoms with Crippen molar-refractivity contribution in [3.05, 3.63) is 89.5 Å². The van der Waals surface area contributed by atoms with Crippen LogP contribution in [0.15, 0.2) is 77.7 Å². The molecule has 0 spiro atoms. The van der Waals surface area contributed by atoms with Gasteiger partial charge < -0.3 is 9.64 Å². The molecule has 174 valence electrons. The molecule has 0 atom stereocenters. The zero-order chi connectivity index (χ0) is 24.0. The highest BCUT2D eigenvalue weighted by molar-refractivity contribution is 7.92.